The quantitative estimate of drug-likeness (QED) is 0.199. The van der Waals surface area contributed by atoms with Gasteiger partial charge in [0.2, 0.25) is 0 Å². The van der Waals surface area contributed by atoms with Crippen molar-refractivity contribution in [1.29, 1.82) is 0 Å². The van der Waals surface area contributed by atoms with E-state index in [1.165, 1.54) is 5.39 Å². The number of pyridine rings is 1. The van der Waals surface area contributed by atoms with Crippen molar-refractivity contribution in [2.45, 2.75) is 0 Å². The molecule has 0 aliphatic carbocycles. The molecule has 136 valence electrons. The molecular weight excluding hydrogens is 519 g/mol. The van der Waals surface area contributed by atoms with Crippen molar-refractivity contribution in [1.82, 2.24) is 14.5 Å². The summed E-state index contributed by atoms with van der Waals surface area (Å²) in [6, 6.07) is 20.3. The Morgan fingerprint density at radius 3 is 2.56 bits per heavy atom. The summed E-state index contributed by atoms with van der Waals surface area (Å²) in [5.41, 5.74) is 3.02. The van der Waals surface area contributed by atoms with Gasteiger partial charge in [0.15, 0.2) is 5.82 Å². The zero-order valence-corrected chi connectivity index (χ0v) is 16.4. The second-order valence-electron chi connectivity index (χ2n) is 5.63. The van der Waals surface area contributed by atoms with Crippen LogP contribution in [-0.2, 0) is 25.9 Å². The number of hydrogen-bond acceptors (Lipinski definition) is 2. The summed E-state index contributed by atoms with van der Waals surface area (Å²) in [4.78, 5) is 16.9. The van der Waals surface area contributed by atoms with Crippen LogP contribution in [0.4, 0.5) is 0 Å². The first kappa shape index (κ1) is 18.7. The minimum absolute atomic E-state index is 0. The Balaban J connectivity index is 0.000000680. The molecule has 0 amide bonds. The Hall–Kier alpha value is -3.04. The van der Waals surface area contributed by atoms with Gasteiger partial charge in [0.05, 0.1) is 5.69 Å². The molecule has 27 heavy (non-hydrogen) atoms. The summed E-state index contributed by atoms with van der Waals surface area (Å²) in [7, 11) is 0. The van der Waals surface area contributed by atoms with Crippen LogP contribution < -0.4 is 9.55 Å². The van der Waals surface area contributed by atoms with E-state index in [0.717, 1.165) is 27.9 Å². The third-order valence-electron chi connectivity index (χ3n) is 4.18. The molecule has 0 saturated carbocycles. The maximum Gasteiger partial charge on any atom is 0.270 e. The van der Waals surface area contributed by atoms with Crippen LogP contribution in [0.1, 0.15) is 0 Å². The van der Waals surface area contributed by atoms with Gasteiger partial charge < -0.3 is 9.78 Å². The molecule has 0 unspecified atom stereocenters. The molecule has 0 spiro atoms. The van der Waals surface area contributed by atoms with Crippen LogP contribution in [0.2, 0.25) is 0 Å². The standard InChI is InChI=1S/C20H13N4.CHO.Pt/c1-2-8-17-15(6-1)16-7-5-9-18(20(16)22-17)23-12-13-24(14-23)19-10-3-4-11-21-19;1-2;/h1-13H;1H;/q2*-1;. The summed E-state index contributed by atoms with van der Waals surface area (Å²) < 4.78 is 3.84. The monoisotopic (exact) mass is 533 g/mol. The van der Waals surface area contributed by atoms with Gasteiger partial charge in [-0.05, 0) is 22.9 Å². The summed E-state index contributed by atoms with van der Waals surface area (Å²) in [5.74, 6) is 0.837. The van der Waals surface area contributed by atoms with E-state index in [-0.39, 0.29) is 21.1 Å². The van der Waals surface area contributed by atoms with E-state index < -0.39 is 0 Å². The molecule has 0 radical (unpaired) electrons. The molecule has 0 N–H and O–H groups in total. The second kappa shape index (κ2) is 8.10. The van der Waals surface area contributed by atoms with Crippen LogP contribution in [0, 0.1) is 6.33 Å². The average Bonchev–Trinajstić information content (AvgIpc) is 3.35. The van der Waals surface area contributed by atoms with Crippen molar-refractivity contribution in [2.24, 2.45) is 0 Å². The fraction of sp³-hybridized carbons (Fsp3) is 0. The average molecular weight is 533 g/mol. The zero-order chi connectivity index (χ0) is 17.9. The topological polar surface area (TPSA) is 52.9 Å². The Kier molecular flexibility index (Phi) is 5.63. The first-order valence-electron chi connectivity index (χ1n) is 8.02. The SMILES string of the molecule is [CH-]=O.[Pt].[c-]1n(-c2ccccn2)cc[n+]1-c1cccc2c1[n-]c1ccccc12. The predicted octanol–water partition coefficient (Wildman–Crippen LogP) is 2.94. The van der Waals surface area contributed by atoms with Crippen LogP contribution in [0.3, 0.4) is 0 Å². The number of imidazole rings is 1. The molecule has 3 aromatic heterocycles. The fourth-order valence-corrected chi connectivity index (χ4v) is 3.05. The number of carbonyl (C=O) groups excluding carboxylic acids is 1. The number of benzene rings is 2. The van der Waals surface area contributed by atoms with Crippen molar-refractivity contribution in [3.8, 4) is 11.5 Å². The van der Waals surface area contributed by atoms with E-state index in [9.17, 15) is 0 Å². The molecule has 5 aromatic rings. The number of hydrogen-bond donors (Lipinski definition) is 0. The van der Waals surface area contributed by atoms with Crippen LogP contribution in [0.25, 0.3) is 33.3 Å². The van der Waals surface area contributed by atoms with Crippen molar-refractivity contribution in [2.75, 3.05) is 0 Å². The van der Waals surface area contributed by atoms with E-state index in [2.05, 4.69) is 42.4 Å². The molecule has 5 nitrogen and oxygen atoms in total. The van der Waals surface area contributed by atoms with Crippen LogP contribution in [0.5, 0.6) is 0 Å². The maximum absolute atomic E-state index is 7.75. The smallest absolute Gasteiger partial charge is 0.270 e. The van der Waals surface area contributed by atoms with Gasteiger partial charge >= 0.3 is 0 Å². The number of aromatic nitrogens is 4. The van der Waals surface area contributed by atoms with E-state index in [1.807, 2.05) is 57.9 Å². The van der Waals surface area contributed by atoms with E-state index in [0.29, 0.717) is 0 Å². The molecule has 0 bridgehead atoms. The zero-order valence-electron chi connectivity index (χ0n) is 14.1. The molecule has 5 rings (SSSR count). The van der Waals surface area contributed by atoms with Crippen molar-refractivity contribution < 1.29 is 30.4 Å². The Morgan fingerprint density at radius 1 is 0.963 bits per heavy atom. The second-order valence-corrected chi connectivity index (χ2v) is 5.63. The molecule has 3 heterocycles. The Labute approximate surface area is 170 Å². The third kappa shape index (κ3) is 3.34. The summed E-state index contributed by atoms with van der Waals surface area (Å²) >= 11 is 0. The van der Waals surface area contributed by atoms with Crippen molar-refractivity contribution in [3.05, 3.63) is 85.6 Å². The first-order chi connectivity index (χ1) is 12.9. The van der Waals surface area contributed by atoms with Gasteiger partial charge in [-0.25, -0.2) is 0 Å². The largest absolute Gasteiger partial charge is 0.660 e. The van der Waals surface area contributed by atoms with E-state index in [4.69, 9.17) is 9.78 Å². The summed E-state index contributed by atoms with van der Waals surface area (Å²) in [5, 5.41) is 2.34. The van der Waals surface area contributed by atoms with Gasteiger partial charge in [-0.2, -0.15) is 0 Å². The van der Waals surface area contributed by atoms with Crippen molar-refractivity contribution >= 4 is 28.6 Å². The molecule has 6 heteroatoms. The predicted molar refractivity (Wildman–Crippen MR) is 99.0 cm³/mol. The number of para-hydroxylation sites is 2. The third-order valence-corrected chi connectivity index (χ3v) is 4.18. The first-order valence-corrected chi connectivity index (χ1v) is 8.02. The number of rotatable bonds is 2. The minimum atomic E-state index is 0. The molecular formula is C21H14N4OPt-2. The maximum atomic E-state index is 7.75. The van der Waals surface area contributed by atoms with E-state index >= 15 is 0 Å². The Bertz CT molecular complexity index is 1180. The van der Waals surface area contributed by atoms with Gasteiger partial charge in [0.25, 0.3) is 6.33 Å². The van der Waals surface area contributed by atoms with Crippen molar-refractivity contribution in [3.63, 3.8) is 0 Å². The van der Waals surface area contributed by atoms with Crippen LogP contribution >= 0.6 is 0 Å². The number of fused-ring (bicyclic) bond motifs is 3. The van der Waals surface area contributed by atoms with Gasteiger partial charge in [-0.15, -0.1) is 11.0 Å². The summed E-state index contributed by atoms with van der Waals surface area (Å²) in [6.45, 7) is 3.25. The summed E-state index contributed by atoms with van der Waals surface area (Å²) in [6.07, 6.45) is 9.01. The van der Waals surface area contributed by atoms with Gasteiger partial charge in [0, 0.05) is 39.7 Å². The molecule has 0 atom stereocenters. The molecule has 2 aromatic carbocycles. The molecule has 0 fully saturated rings. The molecule has 0 aliphatic heterocycles. The van der Waals surface area contributed by atoms with Crippen LogP contribution in [0.15, 0.2) is 79.3 Å². The van der Waals surface area contributed by atoms with Crippen LogP contribution in [-0.4, -0.2) is 16.3 Å². The van der Waals surface area contributed by atoms with E-state index in [1.54, 1.807) is 6.20 Å². The minimum Gasteiger partial charge on any atom is -0.660 e. The van der Waals surface area contributed by atoms with Gasteiger partial charge in [0.1, 0.15) is 0 Å². The molecule has 0 aliphatic rings. The van der Waals surface area contributed by atoms with Gasteiger partial charge in [-0.1, -0.05) is 48.5 Å². The Morgan fingerprint density at radius 2 is 1.74 bits per heavy atom. The molecule has 0 saturated heterocycles. The number of nitrogens with zero attached hydrogens (tertiary/aromatic N) is 4. The normalized spacial score (nSPS) is 10.2. The van der Waals surface area contributed by atoms with Gasteiger partial charge in [-0.3, -0.25) is 20.9 Å². The fourth-order valence-electron chi connectivity index (χ4n) is 3.05.